The maximum atomic E-state index is 10.3. The van der Waals surface area contributed by atoms with Gasteiger partial charge in [-0.2, -0.15) is 0 Å². The van der Waals surface area contributed by atoms with E-state index in [1.165, 1.54) is 0 Å². The van der Waals surface area contributed by atoms with Gasteiger partial charge in [0.25, 0.3) is 0 Å². The van der Waals surface area contributed by atoms with E-state index in [2.05, 4.69) is 0 Å². The molecule has 0 aromatic heterocycles. The van der Waals surface area contributed by atoms with E-state index in [9.17, 15) is 56.2 Å². The topological polar surface area (TPSA) is 269 Å². The molecule has 15 atom stereocenters. The molecule has 0 bridgehead atoms. The molecule has 16 nitrogen and oxygen atoms in total. The van der Waals surface area contributed by atoms with Crippen LogP contribution in [0.15, 0.2) is 0 Å². The summed E-state index contributed by atoms with van der Waals surface area (Å²) in [6.45, 7) is -2.07. The standard InChI is InChI=1S/C18H32O16/c19-1-4-7(21)9(23)13(27)17(32-4)30-3-6-8(22)10(24)14(28)18(33-6)34-15-5(2-20)31-16(29)12(26)11(15)25/h4-29H,1-3H2/t4-,5-,6-,7-,8-,9+,10+,11-,12-,13-,14-,15-,16?,17-,18+/m1/s1. The van der Waals surface area contributed by atoms with E-state index in [0.717, 1.165) is 0 Å². The highest BCUT2D eigenvalue weighted by atomic mass is 16.7. The van der Waals surface area contributed by atoms with Gasteiger partial charge in [0, 0.05) is 0 Å². The van der Waals surface area contributed by atoms with Gasteiger partial charge in [-0.3, -0.25) is 0 Å². The number of hydrogen-bond donors (Lipinski definition) is 11. The zero-order valence-corrected chi connectivity index (χ0v) is 17.7. The maximum absolute atomic E-state index is 10.3. The highest BCUT2D eigenvalue weighted by Crippen LogP contribution is 2.29. The van der Waals surface area contributed by atoms with Gasteiger partial charge in [-0.15, -0.1) is 0 Å². The highest BCUT2D eigenvalue weighted by molar-refractivity contribution is 4.94. The minimum absolute atomic E-state index is 0.609. The summed E-state index contributed by atoms with van der Waals surface area (Å²) in [6, 6.07) is 0. The van der Waals surface area contributed by atoms with Crippen LogP contribution in [0.25, 0.3) is 0 Å². The number of aliphatic hydroxyl groups excluding tert-OH is 11. The molecule has 0 saturated carbocycles. The van der Waals surface area contributed by atoms with Gasteiger partial charge in [-0.05, 0) is 0 Å². The van der Waals surface area contributed by atoms with E-state index in [0.29, 0.717) is 0 Å². The van der Waals surface area contributed by atoms with Gasteiger partial charge in [0.1, 0.15) is 73.2 Å². The Morgan fingerprint density at radius 1 is 0.500 bits per heavy atom. The normalized spacial score (nSPS) is 52.5. The molecule has 0 aliphatic carbocycles. The summed E-state index contributed by atoms with van der Waals surface area (Å²) in [5.74, 6) is 0. The molecule has 200 valence electrons. The van der Waals surface area contributed by atoms with Crippen LogP contribution >= 0.6 is 0 Å². The lowest BCUT2D eigenvalue weighted by atomic mass is 9.97. The van der Waals surface area contributed by atoms with Crippen molar-refractivity contribution in [2.24, 2.45) is 0 Å². The first-order valence-electron chi connectivity index (χ1n) is 10.6. The molecule has 0 spiro atoms. The summed E-state index contributed by atoms with van der Waals surface area (Å²) in [4.78, 5) is 0. The van der Waals surface area contributed by atoms with Crippen molar-refractivity contribution < 1.29 is 79.9 Å². The molecule has 3 rings (SSSR count). The number of hydrogen-bond acceptors (Lipinski definition) is 16. The Hall–Kier alpha value is -0.640. The number of aliphatic hydroxyl groups is 11. The molecule has 3 saturated heterocycles. The average Bonchev–Trinajstić information content (AvgIpc) is 2.82. The van der Waals surface area contributed by atoms with Crippen molar-refractivity contribution in [2.75, 3.05) is 19.8 Å². The Morgan fingerprint density at radius 2 is 1.03 bits per heavy atom. The van der Waals surface area contributed by atoms with E-state index in [4.69, 9.17) is 23.7 Å². The molecule has 16 heteroatoms. The van der Waals surface area contributed by atoms with Crippen LogP contribution in [0.4, 0.5) is 0 Å². The van der Waals surface area contributed by atoms with Gasteiger partial charge in [0.05, 0.1) is 19.8 Å². The molecule has 3 aliphatic rings. The molecule has 0 aromatic carbocycles. The predicted octanol–water partition coefficient (Wildman–Crippen LogP) is -7.57. The fourth-order valence-corrected chi connectivity index (χ4v) is 3.95. The first-order valence-corrected chi connectivity index (χ1v) is 10.6. The van der Waals surface area contributed by atoms with Crippen LogP contribution in [-0.4, -0.2) is 168 Å². The predicted molar refractivity (Wildman–Crippen MR) is 101 cm³/mol. The molecule has 3 fully saturated rings. The molecular formula is C18H32O16. The van der Waals surface area contributed by atoms with E-state index >= 15 is 0 Å². The van der Waals surface area contributed by atoms with Crippen LogP contribution in [0.5, 0.6) is 0 Å². The summed E-state index contributed by atoms with van der Waals surface area (Å²) in [5, 5.41) is 109. The largest absolute Gasteiger partial charge is 0.394 e. The summed E-state index contributed by atoms with van der Waals surface area (Å²) in [5.41, 5.74) is 0. The first kappa shape index (κ1) is 27.9. The fourth-order valence-electron chi connectivity index (χ4n) is 3.95. The number of rotatable bonds is 7. The third-order valence-electron chi connectivity index (χ3n) is 6.07. The van der Waals surface area contributed by atoms with Crippen molar-refractivity contribution in [1.29, 1.82) is 0 Å². The molecule has 3 heterocycles. The van der Waals surface area contributed by atoms with Gasteiger partial charge < -0.3 is 79.9 Å². The van der Waals surface area contributed by atoms with Gasteiger partial charge in [-0.1, -0.05) is 0 Å². The Morgan fingerprint density at radius 3 is 1.62 bits per heavy atom. The molecule has 0 radical (unpaired) electrons. The third kappa shape index (κ3) is 5.52. The third-order valence-corrected chi connectivity index (χ3v) is 6.07. The Kier molecular flexibility index (Phi) is 9.54. The van der Waals surface area contributed by atoms with E-state index in [1.54, 1.807) is 0 Å². The lowest BCUT2D eigenvalue weighted by Crippen LogP contribution is -2.65. The minimum atomic E-state index is -1.87. The second kappa shape index (κ2) is 11.6. The van der Waals surface area contributed by atoms with Gasteiger partial charge in [0.2, 0.25) is 0 Å². The monoisotopic (exact) mass is 504 g/mol. The second-order valence-corrected chi connectivity index (χ2v) is 8.37. The van der Waals surface area contributed by atoms with Crippen LogP contribution in [0, 0.1) is 0 Å². The summed E-state index contributed by atoms with van der Waals surface area (Å²) in [6.07, 6.45) is -24.9. The summed E-state index contributed by atoms with van der Waals surface area (Å²) in [7, 11) is 0. The van der Waals surface area contributed by atoms with E-state index < -0.39 is 112 Å². The quantitative estimate of drug-likeness (QED) is 0.154. The van der Waals surface area contributed by atoms with Gasteiger partial charge in [-0.25, -0.2) is 0 Å². The van der Waals surface area contributed by atoms with Gasteiger partial charge in [0.15, 0.2) is 18.9 Å². The molecule has 3 aliphatic heterocycles. The van der Waals surface area contributed by atoms with Crippen molar-refractivity contribution in [3.05, 3.63) is 0 Å². The van der Waals surface area contributed by atoms with Crippen molar-refractivity contribution in [3.8, 4) is 0 Å². The average molecular weight is 504 g/mol. The molecule has 0 amide bonds. The molecule has 11 N–H and O–H groups in total. The van der Waals surface area contributed by atoms with E-state index in [1.807, 2.05) is 0 Å². The molecular weight excluding hydrogens is 472 g/mol. The van der Waals surface area contributed by atoms with Crippen molar-refractivity contribution in [3.63, 3.8) is 0 Å². The number of ether oxygens (including phenoxy) is 5. The van der Waals surface area contributed by atoms with Crippen molar-refractivity contribution in [2.45, 2.75) is 92.1 Å². The van der Waals surface area contributed by atoms with Crippen LogP contribution in [0.1, 0.15) is 0 Å². The Labute approximate surface area is 192 Å². The smallest absolute Gasteiger partial charge is 0.187 e. The lowest BCUT2D eigenvalue weighted by Gasteiger charge is -2.45. The minimum Gasteiger partial charge on any atom is -0.394 e. The van der Waals surface area contributed by atoms with Crippen LogP contribution in [-0.2, 0) is 23.7 Å². The van der Waals surface area contributed by atoms with Gasteiger partial charge >= 0.3 is 0 Å². The van der Waals surface area contributed by atoms with Crippen molar-refractivity contribution in [1.82, 2.24) is 0 Å². The lowest BCUT2D eigenvalue weighted by molar-refractivity contribution is -0.362. The second-order valence-electron chi connectivity index (χ2n) is 8.37. The zero-order valence-electron chi connectivity index (χ0n) is 17.7. The van der Waals surface area contributed by atoms with Crippen molar-refractivity contribution >= 4 is 0 Å². The molecule has 34 heavy (non-hydrogen) atoms. The highest BCUT2D eigenvalue weighted by Gasteiger charge is 2.51. The molecule has 1 unspecified atom stereocenters. The Bertz CT molecular complexity index is 637. The van der Waals surface area contributed by atoms with E-state index in [-0.39, 0.29) is 0 Å². The zero-order chi connectivity index (χ0) is 25.3. The molecule has 0 aromatic rings. The first-order chi connectivity index (χ1) is 16.0. The van der Waals surface area contributed by atoms with Crippen LogP contribution in [0.2, 0.25) is 0 Å². The Balaban J connectivity index is 1.66. The van der Waals surface area contributed by atoms with Crippen LogP contribution in [0.3, 0.4) is 0 Å². The fraction of sp³-hybridized carbons (Fsp3) is 1.00. The maximum Gasteiger partial charge on any atom is 0.187 e. The SMILES string of the molecule is OC[C@H]1O[C@@H](OC[C@H]2O[C@@H](O[C@H]3[C@H](O)[C@@H](O)C(O)O[C@@H]3CO)[C@H](O)[C@@H](O)[C@@H]2O)[C@H](O)[C@@H](O)[C@@H]1O. The summed E-state index contributed by atoms with van der Waals surface area (Å²) < 4.78 is 26.3. The summed E-state index contributed by atoms with van der Waals surface area (Å²) >= 11 is 0. The van der Waals surface area contributed by atoms with Crippen LogP contribution < -0.4 is 0 Å².